The highest BCUT2D eigenvalue weighted by atomic mass is 32.2. The largest absolute Gasteiger partial charge is 0.497 e. The van der Waals surface area contributed by atoms with Gasteiger partial charge in [-0.2, -0.15) is 13.0 Å². The van der Waals surface area contributed by atoms with Gasteiger partial charge in [-0.1, -0.05) is 11.8 Å². The predicted molar refractivity (Wildman–Crippen MR) is 149 cm³/mol. The Labute approximate surface area is 235 Å². The fourth-order valence-corrected chi connectivity index (χ4v) is 6.63. The molecule has 3 N–H and O–H groups in total. The molecule has 0 spiro atoms. The van der Waals surface area contributed by atoms with Crippen LogP contribution in [0.4, 0.5) is 5.82 Å². The first-order chi connectivity index (χ1) is 18.8. The van der Waals surface area contributed by atoms with Crippen LogP contribution in [0.25, 0.3) is 17.0 Å². The van der Waals surface area contributed by atoms with Gasteiger partial charge in [0.2, 0.25) is 21.2 Å². The third kappa shape index (κ3) is 6.94. The molecule has 40 heavy (non-hydrogen) atoms. The monoisotopic (exact) mass is 613 g/mol. The molecule has 1 aromatic carbocycles. The molecule has 1 amide bonds. The molecule has 1 aliphatic heterocycles. The third-order valence-electron chi connectivity index (χ3n) is 6.15. The second kappa shape index (κ2) is 11.8. The zero-order chi connectivity index (χ0) is 29.2. The molecule has 2 aromatic heterocycles. The van der Waals surface area contributed by atoms with Gasteiger partial charge in [-0.05, 0) is 24.3 Å². The van der Waals surface area contributed by atoms with Crippen molar-refractivity contribution < 1.29 is 45.6 Å². The maximum atomic E-state index is 12.7. The van der Waals surface area contributed by atoms with Gasteiger partial charge in [-0.15, -0.1) is 0 Å². The van der Waals surface area contributed by atoms with Crippen LogP contribution in [0.15, 0.2) is 46.3 Å². The number of aromatic nitrogens is 2. The fourth-order valence-electron chi connectivity index (χ4n) is 4.46. The van der Waals surface area contributed by atoms with E-state index in [0.717, 1.165) is 22.1 Å². The summed E-state index contributed by atoms with van der Waals surface area (Å²) >= 11 is 1.34. The average molecular weight is 614 g/mol. The molecule has 0 saturated carbocycles. The number of aryl methyl sites for hydroxylation is 1. The van der Waals surface area contributed by atoms with Crippen molar-refractivity contribution in [3.05, 3.63) is 52.8 Å². The number of fused-ring (bicyclic) bond motifs is 2. The van der Waals surface area contributed by atoms with E-state index in [9.17, 15) is 26.2 Å². The Hall–Kier alpha value is -3.15. The van der Waals surface area contributed by atoms with Crippen LogP contribution < -0.4 is 18.9 Å². The topological polar surface area (TPSA) is 168 Å². The number of ether oxygens (including phenoxy) is 1. The number of hydrogen-bond acceptors (Lipinski definition) is 10. The molecule has 16 heteroatoms. The van der Waals surface area contributed by atoms with E-state index in [1.54, 1.807) is 22.6 Å². The van der Waals surface area contributed by atoms with Gasteiger partial charge < -0.3 is 14.2 Å². The fraction of sp³-hybridized carbons (Fsp3) is 0.333. The Bertz CT molecular complexity index is 1700. The number of amides is 1. The number of sulfonamides is 1. The van der Waals surface area contributed by atoms with E-state index in [1.165, 1.54) is 18.9 Å². The highest BCUT2D eigenvalue weighted by Crippen LogP contribution is 2.48. The van der Waals surface area contributed by atoms with Gasteiger partial charge in [0.05, 0.1) is 35.1 Å². The molecule has 3 heterocycles. The number of rotatable bonds is 11. The molecule has 3 aromatic rings. The van der Waals surface area contributed by atoms with E-state index in [0.29, 0.717) is 28.0 Å². The van der Waals surface area contributed by atoms with Crippen molar-refractivity contribution in [3.63, 3.8) is 0 Å². The third-order valence-corrected chi connectivity index (χ3v) is 8.62. The highest BCUT2D eigenvalue weighted by molar-refractivity contribution is 8.03. The zero-order valence-electron chi connectivity index (χ0n) is 21.9. The van der Waals surface area contributed by atoms with Crippen molar-refractivity contribution in [3.8, 4) is 5.75 Å². The molecule has 1 aliphatic rings. The number of methoxy groups -OCH3 is 1. The quantitative estimate of drug-likeness (QED) is 0.125. The Balaban J connectivity index is 1.81. The number of carbonyl (C=O) groups excluding carboxylic acids is 1. The SMILES string of the molecule is COc1ccc2ccc(C=C3Sc4cc(COO)n(C)c4N3CC(=O)NS(C)(=O)=O)[n+](CCCS(=O)(=O)O)c2c1. The molecule has 0 aliphatic carbocycles. The van der Waals surface area contributed by atoms with Crippen LogP contribution in [0.5, 0.6) is 5.75 Å². The van der Waals surface area contributed by atoms with Crippen LogP contribution in [-0.4, -0.2) is 62.8 Å². The molecule has 0 fully saturated rings. The number of thioether (sulfide) groups is 1. The summed E-state index contributed by atoms with van der Waals surface area (Å²) in [5.41, 5.74) is 2.05. The van der Waals surface area contributed by atoms with E-state index < -0.39 is 31.8 Å². The van der Waals surface area contributed by atoms with Gasteiger partial charge in [0.1, 0.15) is 24.7 Å². The minimum atomic E-state index is -4.17. The van der Waals surface area contributed by atoms with Crippen molar-refractivity contribution in [2.24, 2.45) is 7.05 Å². The summed E-state index contributed by atoms with van der Waals surface area (Å²) in [6.45, 7) is -0.166. The summed E-state index contributed by atoms with van der Waals surface area (Å²) in [6, 6.07) is 11.0. The van der Waals surface area contributed by atoms with Gasteiger partial charge >= 0.3 is 0 Å². The van der Waals surface area contributed by atoms with E-state index in [4.69, 9.17) is 9.99 Å². The Morgan fingerprint density at radius 2 is 1.90 bits per heavy atom. The van der Waals surface area contributed by atoms with Crippen LogP contribution in [0.2, 0.25) is 0 Å². The van der Waals surface area contributed by atoms with Crippen molar-refractivity contribution >= 4 is 60.6 Å². The normalized spacial score (nSPS) is 14.6. The Morgan fingerprint density at radius 1 is 1.18 bits per heavy atom. The summed E-state index contributed by atoms with van der Waals surface area (Å²) in [5.74, 6) is 0.0325. The Kier molecular flexibility index (Phi) is 8.77. The van der Waals surface area contributed by atoms with Crippen molar-refractivity contribution in [1.82, 2.24) is 9.29 Å². The molecule has 0 saturated heterocycles. The summed E-state index contributed by atoms with van der Waals surface area (Å²) in [6.07, 6.45) is 2.84. The van der Waals surface area contributed by atoms with Gasteiger partial charge in [-0.3, -0.25) is 19.3 Å². The molecule has 13 nitrogen and oxygen atoms in total. The highest BCUT2D eigenvalue weighted by Gasteiger charge is 2.33. The van der Waals surface area contributed by atoms with Crippen molar-refractivity contribution in [2.75, 3.05) is 30.6 Å². The zero-order valence-corrected chi connectivity index (χ0v) is 24.3. The summed E-state index contributed by atoms with van der Waals surface area (Å²) in [5, 5.41) is 10.4. The van der Waals surface area contributed by atoms with Crippen LogP contribution in [0, 0.1) is 0 Å². The first-order valence-corrected chi connectivity index (χ1v) is 16.2. The smallest absolute Gasteiger partial charge is 0.265 e. The number of hydrogen-bond donors (Lipinski definition) is 3. The Morgan fingerprint density at radius 3 is 2.55 bits per heavy atom. The number of anilines is 1. The number of carbonyl (C=O) groups is 1. The van der Waals surface area contributed by atoms with E-state index in [2.05, 4.69) is 4.89 Å². The first-order valence-electron chi connectivity index (χ1n) is 11.9. The van der Waals surface area contributed by atoms with Crippen LogP contribution >= 0.6 is 11.8 Å². The second-order valence-electron chi connectivity index (χ2n) is 9.10. The molecule has 4 rings (SSSR count). The summed E-state index contributed by atoms with van der Waals surface area (Å²) in [4.78, 5) is 19.4. The maximum absolute atomic E-state index is 12.7. The van der Waals surface area contributed by atoms with E-state index in [-0.39, 0.29) is 26.1 Å². The van der Waals surface area contributed by atoms with Crippen LogP contribution in [0.1, 0.15) is 17.8 Å². The van der Waals surface area contributed by atoms with Crippen LogP contribution in [0.3, 0.4) is 0 Å². The van der Waals surface area contributed by atoms with Gasteiger partial charge in [0.25, 0.3) is 16.0 Å². The lowest BCUT2D eigenvalue weighted by molar-refractivity contribution is -0.673. The van der Waals surface area contributed by atoms with Crippen LogP contribution in [-0.2, 0) is 50.0 Å². The molecule has 0 radical (unpaired) electrons. The van der Waals surface area contributed by atoms with Crippen molar-refractivity contribution in [2.45, 2.75) is 24.5 Å². The minimum Gasteiger partial charge on any atom is -0.497 e. The lowest BCUT2D eigenvalue weighted by Gasteiger charge is -2.21. The van der Waals surface area contributed by atoms with Gasteiger partial charge in [-0.25, -0.2) is 13.3 Å². The van der Waals surface area contributed by atoms with E-state index in [1.807, 2.05) is 45.7 Å². The molecule has 216 valence electrons. The minimum absolute atomic E-state index is 0.0905. The first kappa shape index (κ1) is 29.8. The maximum Gasteiger partial charge on any atom is 0.265 e. The number of benzene rings is 1. The van der Waals surface area contributed by atoms with E-state index >= 15 is 0 Å². The predicted octanol–water partition coefficient (Wildman–Crippen LogP) is 1.73. The number of nitrogens with one attached hydrogen (secondary N) is 1. The number of pyridine rings is 1. The average Bonchev–Trinajstić information content (AvgIpc) is 3.33. The summed E-state index contributed by atoms with van der Waals surface area (Å²) in [7, 11) is -4.68. The number of nitrogens with zero attached hydrogens (tertiary/aromatic N) is 3. The standard InChI is InChI=1S/C24H28N4O9S3/c1-26-18(15-37-30)11-21-24(26)28(14-22(29)25-39(3,31)32)23(38-21)12-17-7-5-16-6-8-19(36-2)13-20(16)27(17)9-4-10-40(33,34)35/h5-8,11-13H,4,9-10,14-15H2,1-3H3,(H2-,25,29,30,33,34,35)/p+1. The van der Waals surface area contributed by atoms with Gasteiger partial charge in [0.15, 0.2) is 6.54 Å². The molecular formula is C24H29N4O9S3+. The lowest BCUT2D eigenvalue weighted by Crippen LogP contribution is -2.40. The molecular weight excluding hydrogens is 584 g/mol. The van der Waals surface area contributed by atoms with Crippen molar-refractivity contribution in [1.29, 1.82) is 0 Å². The summed E-state index contributed by atoms with van der Waals surface area (Å²) < 4.78 is 66.4. The molecule has 0 unspecified atom stereocenters. The lowest BCUT2D eigenvalue weighted by atomic mass is 10.1. The second-order valence-corrected chi connectivity index (χ2v) is 13.5. The van der Waals surface area contributed by atoms with Gasteiger partial charge in [0, 0.05) is 36.7 Å². The molecule has 0 bridgehead atoms. The molecule has 0 atom stereocenters.